The summed E-state index contributed by atoms with van der Waals surface area (Å²) in [5.74, 6) is 0.416. The van der Waals surface area contributed by atoms with E-state index in [9.17, 15) is 10.1 Å². The molecule has 1 saturated heterocycles. The lowest BCUT2D eigenvalue weighted by Crippen LogP contribution is -2.15. The van der Waals surface area contributed by atoms with Gasteiger partial charge in [0.25, 0.3) is 0 Å². The first-order valence-corrected chi connectivity index (χ1v) is 6.59. The second-order valence-corrected chi connectivity index (χ2v) is 4.90. The van der Waals surface area contributed by atoms with Crippen LogP contribution in [0.3, 0.4) is 0 Å². The second kappa shape index (κ2) is 5.42. The molecule has 2 heterocycles. The Bertz CT molecular complexity index is 639. The maximum absolute atomic E-state index is 11.3. The minimum Gasteiger partial charge on any atom is -0.381 e. The summed E-state index contributed by atoms with van der Waals surface area (Å²) in [6, 6.07) is 6.97. The van der Waals surface area contributed by atoms with Crippen molar-refractivity contribution in [1.29, 1.82) is 0 Å². The van der Waals surface area contributed by atoms with E-state index in [2.05, 4.69) is 10.3 Å². The Morgan fingerprint density at radius 1 is 1.45 bits per heavy atom. The van der Waals surface area contributed by atoms with E-state index in [1.165, 1.54) is 0 Å². The zero-order valence-corrected chi connectivity index (χ0v) is 10.9. The molecule has 20 heavy (non-hydrogen) atoms. The summed E-state index contributed by atoms with van der Waals surface area (Å²) in [6.07, 6.45) is 2.63. The summed E-state index contributed by atoms with van der Waals surface area (Å²) in [7, 11) is 0. The molecule has 1 N–H and O–H groups in total. The molecule has 6 heteroatoms. The fraction of sp³-hybridized carbons (Fsp3) is 0.357. The van der Waals surface area contributed by atoms with Gasteiger partial charge in [-0.2, -0.15) is 0 Å². The highest BCUT2D eigenvalue weighted by molar-refractivity contribution is 5.94. The van der Waals surface area contributed by atoms with Gasteiger partial charge < -0.3 is 10.1 Å². The van der Waals surface area contributed by atoms with Gasteiger partial charge in [-0.25, -0.2) is 0 Å². The van der Waals surface area contributed by atoms with Gasteiger partial charge >= 0.3 is 5.69 Å². The number of pyridine rings is 1. The maximum Gasteiger partial charge on any atom is 0.301 e. The highest BCUT2D eigenvalue weighted by Crippen LogP contribution is 2.32. The molecular formula is C14H15N3O3. The van der Waals surface area contributed by atoms with Crippen molar-refractivity contribution in [3.05, 3.63) is 40.6 Å². The molecule has 1 atom stereocenters. The van der Waals surface area contributed by atoms with Crippen molar-refractivity contribution in [3.8, 4) is 0 Å². The molecule has 1 aromatic carbocycles. The Morgan fingerprint density at radius 3 is 3.10 bits per heavy atom. The van der Waals surface area contributed by atoms with Crippen molar-refractivity contribution in [3.63, 3.8) is 0 Å². The van der Waals surface area contributed by atoms with Gasteiger partial charge in [-0.15, -0.1) is 0 Å². The van der Waals surface area contributed by atoms with Crippen molar-refractivity contribution >= 4 is 22.3 Å². The van der Waals surface area contributed by atoms with E-state index in [-0.39, 0.29) is 10.6 Å². The quantitative estimate of drug-likeness (QED) is 0.684. The largest absolute Gasteiger partial charge is 0.381 e. The van der Waals surface area contributed by atoms with Gasteiger partial charge in [-0.3, -0.25) is 15.1 Å². The molecule has 0 amide bonds. The van der Waals surface area contributed by atoms with E-state index in [0.717, 1.165) is 19.6 Å². The molecule has 0 aliphatic carbocycles. The van der Waals surface area contributed by atoms with Crippen LogP contribution in [0.15, 0.2) is 30.5 Å². The van der Waals surface area contributed by atoms with Crippen LogP contribution in [0.5, 0.6) is 0 Å². The van der Waals surface area contributed by atoms with Gasteiger partial charge in [0.2, 0.25) is 0 Å². The number of nitro benzene ring substituents is 1. The Hall–Kier alpha value is -2.21. The lowest BCUT2D eigenvalue weighted by Gasteiger charge is -2.12. The van der Waals surface area contributed by atoms with E-state index in [4.69, 9.17) is 4.74 Å². The molecule has 1 aliphatic rings. The number of hydrogen-bond donors (Lipinski definition) is 1. The van der Waals surface area contributed by atoms with Crippen LogP contribution < -0.4 is 5.32 Å². The number of fused-ring (bicyclic) bond motifs is 1. The molecule has 6 nitrogen and oxygen atoms in total. The number of nitrogens with one attached hydrogen (secondary N) is 1. The third-order valence-electron chi connectivity index (χ3n) is 3.54. The number of benzene rings is 1. The minimum absolute atomic E-state index is 0.0921. The number of hydrogen-bond acceptors (Lipinski definition) is 5. The van der Waals surface area contributed by atoms with Gasteiger partial charge in [0, 0.05) is 25.3 Å². The molecule has 1 unspecified atom stereocenters. The van der Waals surface area contributed by atoms with Crippen molar-refractivity contribution in [2.24, 2.45) is 5.92 Å². The van der Waals surface area contributed by atoms with Crippen LogP contribution in [0.4, 0.5) is 11.4 Å². The van der Waals surface area contributed by atoms with Crippen LogP contribution in [0.1, 0.15) is 6.42 Å². The monoisotopic (exact) mass is 273 g/mol. The van der Waals surface area contributed by atoms with Crippen molar-refractivity contribution in [2.75, 3.05) is 25.1 Å². The molecule has 0 bridgehead atoms. The third-order valence-corrected chi connectivity index (χ3v) is 3.54. The molecule has 2 aromatic rings. The van der Waals surface area contributed by atoms with Crippen LogP contribution in [0, 0.1) is 16.0 Å². The summed E-state index contributed by atoms with van der Waals surface area (Å²) < 4.78 is 5.31. The zero-order chi connectivity index (χ0) is 13.9. The number of ether oxygens (including phenoxy) is 1. The smallest absolute Gasteiger partial charge is 0.301 e. The standard InChI is InChI=1S/C14H15N3O3/c18-17(19)14-11-2-1-6-15-12(11)3-4-13(14)16-8-10-5-7-20-9-10/h1-4,6,10,16H,5,7-9H2. The van der Waals surface area contributed by atoms with E-state index in [0.29, 0.717) is 29.1 Å². The first-order valence-electron chi connectivity index (χ1n) is 6.59. The normalized spacial score (nSPS) is 18.3. The van der Waals surface area contributed by atoms with Gasteiger partial charge in [0.15, 0.2) is 0 Å². The molecule has 0 spiro atoms. The Balaban J connectivity index is 1.92. The molecule has 1 aliphatic heterocycles. The van der Waals surface area contributed by atoms with E-state index < -0.39 is 0 Å². The van der Waals surface area contributed by atoms with E-state index >= 15 is 0 Å². The number of anilines is 1. The zero-order valence-electron chi connectivity index (χ0n) is 10.9. The summed E-state index contributed by atoms with van der Waals surface area (Å²) in [5, 5.41) is 15.1. The van der Waals surface area contributed by atoms with E-state index in [1.807, 2.05) is 0 Å². The molecule has 104 valence electrons. The lowest BCUT2D eigenvalue weighted by atomic mass is 10.1. The number of rotatable bonds is 4. The number of nitrogens with zero attached hydrogens (tertiary/aromatic N) is 2. The van der Waals surface area contributed by atoms with Gasteiger partial charge in [0.05, 0.1) is 22.4 Å². The summed E-state index contributed by atoms with van der Waals surface area (Å²) >= 11 is 0. The fourth-order valence-electron chi connectivity index (χ4n) is 2.47. The first-order chi connectivity index (χ1) is 9.75. The molecule has 1 fully saturated rings. The highest BCUT2D eigenvalue weighted by atomic mass is 16.6. The summed E-state index contributed by atoms with van der Waals surface area (Å²) in [5.41, 5.74) is 1.27. The Labute approximate surface area is 115 Å². The predicted octanol–water partition coefficient (Wildman–Crippen LogP) is 2.59. The fourth-order valence-corrected chi connectivity index (χ4v) is 2.47. The number of nitro groups is 1. The average molecular weight is 273 g/mol. The average Bonchev–Trinajstić information content (AvgIpc) is 2.97. The number of aromatic nitrogens is 1. The first kappa shape index (κ1) is 12.8. The summed E-state index contributed by atoms with van der Waals surface area (Å²) in [4.78, 5) is 15.1. The lowest BCUT2D eigenvalue weighted by molar-refractivity contribution is -0.382. The van der Waals surface area contributed by atoms with Crippen molar-refractivity contribution in [1.82, 2.24) is 4.98 Å². The maximum atomic E-state index is 11.3. The SMILES string of the molecule is O=[N+]([O-])c1c(NCC2CCOC2)ccc2ncccc12. The Kier molecular flexibility index (Phi) is 3.47. The van der Waals surface area contributed by atoms with Crippen molar-refractivity contribution < 1.29 is 9.66 Å². The minimum atomic E-state index is -0.350. The summed E-state index contributed by atoms with van der Waals surface area (Å²) in [6.45, 7) is 2.18. The van der Waals surface area contributed by atoms with Crippen molar-refractivity contribution in [2.45, 2.75) is 6.42 Å². The molecular weight excluding hydrogens is 258 g/mol. The second-order valence-electron chi connectivity index (χ2n) is 4.90. The van der Waals surface area contributed by atoms with Crippen LogP contribution in [-0.4, -0.2) is 29.7 Å². The van der Waals surface area contributed by atoms with Crippen LogP contribution in [-0.2, 0) is 4.74 Å². The molecule has 0 radical (unpaired) electrons. The third kappa shape index (κ3) is 2.42. The van der Waals surface area contributed by atoms with Crippen LogP contribution in [0.2, 0.25) is 0 Å². The molecule has 1 aromatic heterocycles. The van der Waals surface area contributed by atoms with Gasteiger partial charge in [-0.05, 0) is 30.7 Å². The molecule has 0 saturated carbocycles. The Morgan fingerprint density at radius 2 is 2.35 bits per heavy atom. The topological polar surface area (TPSA) is 77.3 Å². The predicted molar refractivity (Wildman–Crippen MR) is 75.8 cm³/mol. The van der Waals surface area contributed by atoms with Gasteiger partial charge in [-0.1, -0.05) is 0 Å². The van der Waals surface area contributed by atoms with Crippen LogP contribution >= 0.6 is 0 Å². The van der Waals surface area contributed by atoms with Gasteiger partial charge in [0.1, 0.15) is 5.69 Å². The molecule has 3 rings (SSSR count). The highest BCUT2D eigenvalue weighted by Gasteiger charge is 2.21. The van der Waals surface area contributed by atoms with E-state index in [1.54, 1.807) is 30.5 Å². The van der Waals surface area contributed by atoms with Crippen LogP contribution in [0.25, 0.3) is 10.9 Å².